The minimum Gasteiger partial charge on any atom is -0.459 e. The number of hydrogen-bond donors (Lipinski definition) is 2. The summed E-state index contributed by atoms with van der Waals surface area (Å²) < 4.78 is 6.75. The lowest BCUT2D eigenvalue weighted by molar-refractivity contribution is -0.116. The smallest absolute Gasteiger partial charge is 0.286 e. The molecule has 2 rings (SSSR count). The summed E-state index contributed by atoms with van der Waals surface area (Å²) >= 11 is 0. The molecule has 2 amide bonds. The summed E-state index contributed by atoms with van der Waals surface area (Å²) in [4.78, 5) is 23.6. The normalized spacial score (nSPS) is 11.9. The molecule has 0 saturated carbocycles. The van der Waals surface area contributed by atoms with E-state index in [-0.39, 0.29) is 36.6 Å². The van der Waals surface area contributed by atoms with Gasteiger partial charge < -0.3 is 15.1 Å². The summed E-state index contributed by atoms with van der Waals surface area (Å²) in [6.45, 7) is 4.33. The summed E-state index contributed by atoms with van der Waals surface area (Å²) in [6.07, 6.45) is 4.18. The zero-order valence-corrected chi connectivity index (χ0v) is 12.7. The van der Waals surface area contributed by atoms with Gasteiger partial charge in [-0.3, -0.25) is 9.59 Å². The van der Waals surface area contributed by atoms with Crippen molar-refractivity contribution in [3.05, 3.63) is 36.4 Å². The van der Waals surface area contributed by atoms with Crippen molar-refractivity contribution in [2.45, 2.75) is 32.7 Å². The summed E-state index contributed by atoms with van der Waals surface area (Å²) in [5, 5.41) is 9.63. The molecule has 2 aromatic rings. The maximum atomic E-state index is 11.9. The summed E-state index contributed by atoms with van der Waals surface area (Å²) in [5.74, 6) is 0.388. The predicted molar refractivity (Wildman–Crippen MR) is 81.5 cm³/mol. The zero-order chi connectivity index (χ0) is 15.9. The minimum atomic E-state index is -0.331. The molecule has 0 aliphatic heterocycles. The van der Waals surface area contributed by atoms with Crippen LogP contribution in [-0.2, 0) is 4.79 Å². The Morgan fingerprint density at radius 2 is 2.23 bits per heavy atom. The first-order valence-electron chi connectivity index (χ1n) is 7.27. The van der Waals surface area contributed by atoms with Crippen LogP contribution in [-0.4, -0.2) is 28.1 Å². The van der Waals surface area contributed by atoms with Crippen molar-refractivity contribution >= 4 is 17.6 Å². The fourth-order valence-corrected chi connectivity index (χ4v) is 1.93. The summed E-state index contributed by atoms with van der Waals surface area (Å²) in [6, 6.07) is 5.17. The first-order valence-corrected chi connectivity index (χ1v) is 7.27. The number of furan rings is 1. The van der Waals surface area contributed by atoms with Crippen molar-refractivity contribution in [3.63, 3.8) is 0 Å². The van der Waals surface area contributed by atoms with Gasteiger partial charge in [-0.05, 0) is 25.5 Å². The Bertz CT molecular complexity index is 619. The average molecular weight is 304 g/mol. The number of anilines is 1. The van der Waals surface area contributed by atoms with Gasteiger partial charge in [0, 0.05) is 19.0 Å². The molecule has 0 spiro atoms. The molecule has 2 N–H and O–H groups in total. The van der Waals surface area contributed by atoms with Gasteiger partial charge in [-0.2, -0.15) is 5.10 Å². The Balaban J connectivity index is 1.79. The highest BCUT2D eigenvalue weighted by Gasteiger charge is 2.12. The third-order valence-corrected chi connectivity index (χ3v) is 3.33. The monoisotopic (exact) mass is 304 g/mol. The molecule has 7 nitrogen and oxygen atoms in total. The number of carbonyl (C=O) groups excluding carboxylic acids is 2. The second-order valence-electron chi connectivity index (χ2n) is 4.95. The third kappa shape index (κ3) is 3.97. The molecule has 2 aromatic heterocycles. The highest BCUT2D eigenvalue weighted by molar-refractivity contribution is 5.93. The highest BCUT2D eigenvalue weighted by atomic mass is 16.3. The Morgan fingerprint density at radius 3 is 2.91 bits per heavy atom. The number of carbonyl (C=O) groups is 2. The fraction of sp³-hybridized carbons (Fsp3) is 0.400. The van der Waals surface area contributed by atoms with Gasteiger partial charge in [-0.25, -0.2) is 4.68 Å². The van der Waals surface area contributed by atoms with Crippen LogP contribution in [0.1, 0.15) is 43.3 Å². The van der Waals surface area contributed by atoms with Gasteiger partial charge >= 0.3 is 0 Å². The molecule has 0 saturated heterocycles. The molecule has 2 heterocycles. The second-order valence-corrected chi connectivity index (χ2v) is 4.95. The van der Waals surface area contributed by atoms with E-state index in [9.17, 15) is 9.59 Å². The fourth-order valence-electron chi connectivity index (χ4n) is 1.93. The molecule has 1 unspecified atom stereocenters. The van der Waals surface area contributed by atoms with E-state index in [0.717, 1.165) is 6.42 Å². The van der Waals surface area contributed by atoms with Gasteiger partial charge in [-0.1, -0.05) is 6.92 Å². The van der Waals surface area contributed by atoms with E-state index < -0.39 is 0 Å². The molecule has 0 fully saturated rings. The molecule has 118 valence electrons. The van der Waals surface area contributed by atoms with Crippen LogP contribution < -0.4 is 10.6 Å². The van der Waals surface area contributed by atoms with Crippen molar-refractivity contribution in [2.24, 2.45) is 0 Å². The number of rotatable bonds is 7. The van der Waals surface area contributed by atoms with E-state index >= 15 is 0 Å². The van der Waals surface area contributed by atoms with Crippen LogP contribution in [0.15, 0.2) is 35.1 Å². The Morgan fingerprint density at radius 1 is 1.41 bits per heavy atom. The molecule has 0 aromatic carbocycles. The van der Waals surface area contributed by atoms with Gasteiger partial charge in [-0.15, -0.1) is 0 Å². The molecule has 0 bridgehead atoms. The number of nitrogens with zero attached hydrogens (tertiary/aromatic N) is 2. The maximum Gasteiger partial charge on any atom is 0.286 e. The number of aromatic nitrogens is 2. The van der Waals surface area contributed by atoms with Crippen LogP contribution in [0.4, 0.5) is 5.82 Å². The second kappa shape index (κ2) is 7.44. The largest absolute Gasteiger partial charge is 0.459 e. The first-order chi connectivity index (χ1) is 10.6. The molecule has 0 radical (unpaired) electrons. The van der Waals surface area contributed by atoms with E-state index in [1.54, 1.807) is 29.1 Å². The van der Waals surface area contributed by atoms with Crippen molar-refractivity contribution < 1.29 is 14.0 Å². The van der Waals surface area contributed by atoms with Crippen molar-refractivity contribution in [3.8, 4) is 0 Å². The SMILES string of the molecule is CCC(C)n1nccc1NC(=O)CCNC(=O)c1ccco1. The molecule has 7 heteroatoms. The van der Waals surface area contributed by atoms with Gasteiger partial charge in [0.25, 0.3) is 5.91 Å². The van der Waals surface area contributed by atoms with Crippen LogP contribution in [0.5, 0.6) is 0 Å². The molecular formula is C15H20N4O3. The lowest BCUT2D eigenvalue weighted by Crippen LogP contribution is -2.27. The van der Waals surface area contributed by atoms with Crippen molar-refractivity contribution in [2.75, 3.05) is 11.9 Å². The first kappa shape index (κ1) is 15.8. The van der Waals surface area contributed by atoms with Crippen LogP contribution in [0.25, 0.3) is 0 Å². The molecular weight excluding hydrogens is 284 g/mol. The van der Waals surface area contributed by atoms with Crippen molar-refractivity contribution in [1.82, 2.24) is 15.1 Å². The predicted octanol–water partition coefficient (Wildman–Crippen LogP) is 2.21. The number of hydrogen-bond acceptors (Lipinski definition) is 4. The Kier molecular flexibility index (Phi) is 5.35. The van der Waals surface area contributed by atoms with Gasteiger partial charge in [0.05, 0.1) is 18.5 Å². The van der Waals surface area contributed by atoms with Crippen molar-refractivity contribution in [1.29, 1.82) is 0 Å². The zero-order valence-electron chi connectivity index (χ0n) is 12.7. The number of amides is 2. The molecule has 0 aliphatic carbocycles. The van der Waals surface area contributed by atoms with Crippen LogP contribution in [0.3, 0.4) is 0 Å². The van der Waals surface area contributed by atoms with Crippen LogP contribution in [0, 0.1) is 0 Å². The van der Waals surface area contributed by atoms with Gasteiger partial charge in [0.2, 0.25) is 5.91 Å². The van der Waals surface area contributed by atoms with Gasteiger partial charge in [0.1, 0.15) is 5.82 Å². The standard InChI is InChI=1S/C15H20N4O3/c1-3-11(2)19-13(6-9-17-19)18-14(20)7-8-16-15(21)12-5-4-10-22-12/h4-6,9-11H,3,7-8H2,1-2H3,(H,16,21)(H,18,20). The third-order valence-electron chi connectivity index (χ3n) is 3.33. The average Bonchev–Trinajstić information content (AvgIpc) is 3.17. The van der Waals surface area contributed by atoms with Crippen LogP contribution in [0.2, 0.25) is 0 Å². The lowest BCUT2D eigenvalue weighted by atomic mass is 10.3. The topological polar surface area (TPSA) is 89.2 Å². The van der Waals surface area contributed by atoms with E-state index in [1.165, 1.54) is 6.26 Å². The van der Waals surface area contributed by atoms with Crippen LogP contribution >= 0.6 is 0 Å². The lowest BCUT2D eigenvalue weighted by Gasteiger charge is -2.14. The Hall–Kier alpha value is -2.57. The molecule has 0 aliphatic rings. The van der Waals surface area contributed by atoms with E-state index in [0.29, 0.717) is 5.82 Å². The highest BCUT2D eigenvalue weighted by Crippen LogP contribution is 2.16. The van der Waals surface area contributed by atoms with Gasteiger partial charge in [0.15, 0.2) is 5.76 Å². The molecule has 22 heavy (non-hydrogen) atoms. The number of nitrogens with one attached hydrogen (secondary N) is 2. The summed E-state index contributed by atoms with van der Waals surface area (Å²) in [5.41, 5.74) is 0. The van der Waals surface area contributed by atoms with E-state index in [4.69, 9.17) is 4.42 Å². The quantitative estimate of drug-likeness (QED) is 0.820. The minimum absolute atomic E-state index is 0.176. The maximum absolute atomic E-state index is 11.9. The van der Waals surface area contributed by atoms with E-state index in [2.05, 4.69) is 22.7 Å². The summed E-state index contributed by atoms with van der Waals surface area (Å²) in [7, 11) is 0. The van der Waals surface area contributed by atoms with E-state index in [1.807, 2.05) is 6.92 Å². The Labute approximate surface area is 128 Å². The molecule has 1 atom stereocenters.